The molecule has 0 radical (unpaired) electrons. The maximum atomic E-state index is 12.5. The molecule has 0 aromatic carbocycles. The summed E-state index contributed by atoms with van der Waals surface area (Å²) in [4.78, 5) is 36.4. The number of nitrogens with zero attached hydrogens (tertiary/aromatic N) is 2. The molecule has 2 aliphatic rings. The Balaban J connectivity index is 1.36. The molecule has 1 unspecified atom stereocenters. The van der Waals surface area contributed by atoms with Crippen molar-refractivity contribution in [2.75, 3.05) is 6.61 Å². The number of aromatic amines is 1. The lowest BCUT2D eigenvalue weighted by Gasteiger charge is -2.38. The average molecular weight is 396 g/mol. The van der Waals surface area contributed by atoms with E-state index in [0.717, 1.165) is 31.2 Å². The third-order valence-electron chi connectivity index (χ3n) is 6.15. The minimum atomic E-state index is -0.187. The summed E-state index contributed by atoms with van der Waals surface area (Å²) in [6, 6.07) is 3.77. The number of amides is 1. The van der Waals surface area contributed by atoms with Gasteiger partial charge in [-0.1, -0.05) is 12.8 Å². The van der Waals surface area contributed by atoms with E-state index in [-0.39, 0.29) is 29.5 Å². The molecule has 3 heterocycles. The van der Waals surface area contributed by atoms with Crippen molar-refractivity contribution >= 4 is 5.91 Å². The van der Waals surface area contributed by atoms with Gasteiger partial charge in [-0.15, -0.1) is 0 Å². The summed E-state index contributed by atoms with van der Waals surface area (Å²) in [5.41, 5.74) is 1.83. The Morgan fingerprint density at radius 2 is 2.07 bits per heavy atom. The van der Waals surface area contributed by atoms with E-state index in [9.17, 15) is 9.59 Å². The van der Waals surface area contributed by atoms with Crippen LogP contribution in [0.5, 0.6) is 0 Å². The summed E-state index contributed by atoms with van der Waals surface area (Å²) in [5, 5.41) is 3.16. The van der Waals surface area contributed by atoms with Crippen molar-refractivity contribution in [1.29, 1.82) is 0 Å². The molecule has 1 amide bonds. The molecule has 1 saturated carbocycles. The highest BCUT2D eigenvalue weighted by atomic mass is 16.5. The molecule has 1 saturated heterocycles. The van der Waals surface area contributed by atoms with Crippen LogP contribution in [-0.2, 0) is 16.0 Å². The van der Waals surface area contributed by atoms with Gasteiger partial charge in [-0.3, -0.25) is 14.6 Å². The SMILES string of the molecule is Cc1nc(-c2ccncc2)[nH]c(=O)c1CCC(=O)NC1CCOC2(CCCC2)C1. The monoisotopic (exact) mass is 396 g/mol. The summed E-state index contributed by atoms with van der Waals surface area (Å²) in [5.74, 6) is 0.509. The van der Waals surface area contributed by atoms with Crippen molar-refractivity contribution in [2.45, 2.75) is 69.9 Å². The fourth-order valence-corrected chi connectivity index (χ4v) is 4.61. The first-order valence-electron chi connectivity index (χ1n) is 10.5. The minimum Gasteiger partial charge on any atom is -0.375 e. The summed E-state index contributed by atoms with van der Waals surface area (Å²) in [6.45, 7) is 2.53. The first kappa shape index (κ1) is 19.8. The maximum absolute atomic E-state index is 12.5. The summed E-state index contributed by atoms with van der Waals surface area (Å²) in [6.07, 6.45) is 10.4. The van der Waals surface area contributed by atoms with E-state index in [1.807, 2.05) is 6.92 Å². The second-order valence-corrected chi connectivity index (χ2v) is 8.21. The zero-order valence-electron chi connectivity index (χ0n) is 16.9. The number of aryl methyl sites for hydroxylation is 1. The van der Waals surface area contributed by atoms with E-state index in [1.165, 1.54) is 12.8 Å². The number of carbonyl (C=O) groups is 1. The predicted octanol–water partition coefficient (Wildman–Crippen LogP) is 2.68. The Hall–Kier alpha value is -2.54. The topological polar surface area (TPSA) is 97.0 Å². The Morgan fingerprint density at radius 3 is 2.79 bits per heavy atom. The molecule has 29 heavy (non-hydrogen) atoms. The van der Waals surface area contributed by atoms with Crippen LogP contribution in [0.2, 0.25) is 0 Å². The molecule has 7 heteroatoms. The third-order valence-corrected chi connectivity index (χ3v) is 6.15. The fraction of sp³-hybridized carbons (Fsp3) is 0.545. The van der Waals surface area contributed by atoms with Gasteiger partial charge in [0, 0.05) is 48.3 Å². The van der Waals surface area contributed by atoms with Gasteiger partial charge in [-0.2, -0.15) is 0 Å². The molecule has 0 bridgehead atoms. The molecule has 1 aliphatic carbocycles. The molecule has 2 fully saturated rings. The van der Waals surface area contributed by atoms with Crippen molar-refractivity contribution in [1.82, 2.24) is 20.3 Å². The van der Waals surface area contributed by atoms with Crippen molar-refractivity contribution in [3.8, 4) is 11.4 Å². The third kappa shape index (κ3) is 4.56. The normalized spacial score (nSPS) is 20.7. The summed E-state index contributed by atoms with van der Waals surface area (Å²) >= 11 is 0. The molecule has 1 aliphatic heterocycles. The molecule has 1 spiro atoms. The fourth-order valence-electron chi connectivity index (χ4n) is 4.61. The Bertz CT molecular complexity index is 919. The Morgan fingerprint density at radius 1 is 1.31 bits per heavy atom. The highest BCUT2D eigenvalue weighted by Gasteiger charge is 2.40. The average Bonchev–Trinajstić information content (AvgIpc) is 3.15. The van der Waals surface area contributed by atoms with Gasteiger partial charge in [0.05, 0.1) is 5.60 Å². The molecular formula is C22H28N4O3. The van der Waals surface area contributed by atoms with Crippen LogP contribution < -0.4 is 10.9 Å². The standard InChI is InChI=1S/C22H28N4O3/c1-15-18(21(28)26-20(24-15)16-6-11-23-12-7-16)4-5-19(27)25-17-8-13-29-22(14-17)9-2-3-10-22/h6-7,11-12,17H,2-5,8-10,13-14H2,1H3,(H,25,27)(H,24,26,28). The van der Waals surface area contributed by atoms with E-state index in [2.05, 4.69) is 20.3 Å². The number of nitrogens with one attached hydrogen (secondary N) is 2. The summed E-state index contributed by atoms with van der Waals surface area (Å²) < 4.78 is 6.04. The first-order valence-corrected chi connectivity index (χ1v) is 10.5. The number of hydrogen-bond donors (Lipinski definition) is 2. The predicted molar refractivity (Wildman–Crippen MR) is 109 cm³/mol. The van der Waals surface area contributed by atoms with Crippen LogP contribution in [0.15, 0.2) is 29.3 Å². The lowest BCUT2D eigenvalue weighted by atomic mass is 9.89. The lowest BCUT2D eigenvalue weighted by molar-refractivity contribution is -0.125. The van der Waals surface area contributed by atoms with Crippen molar-refractivity contribution in [3.63, 3.8) is 0 Å². The first-order chi connectivity index (χ1) is 14.0. The van der Waals surface area contributed by atoms with Gasteiger partial charge >= 0.3 is 0 Å². The van der Waals surface area contributed by atoms with E-state index >= 15 is 0 Å². The quantitative estimate of drug-likeness (QED) is 0.810. The van der Waals surface area contributed by atoms with Crippen LogP contribution >= 0.6 is 0 Å². The lowest BCUT2D eigenvalue weighted by Crippen LogP contribution is -2.47. The molecule has 154 valence electrons. The Kier molecular flexibility index (Phi) is 5.76. The smallest absolute Gasteiger partial charge is 0.254 e. The highest BCUT2D eigenvalue weighted by molar-refractivity contribution is 5.76. The molecule has 1 atom stereocenters. The van der Waals surface area contributed by atoms with Crippen LogP contribution in [0.3, 0.4) is 0 Å². The number of H-pyrrole nitrogens is 1. The van der Waals surface area contributed by atoms with Crippen molar-refractivity contribution < 1.29 is 9.53 Å². The highest BCUT2D eigenvalue weighted by Crippen LogP contribution is 2.39. The molecule has 4 rings (SSSR count). The van der Waals surface area contributed by atoms with Crippen molar-refractivity contribution in [3.05, 3.63) is 46.1 Å². The number of pyridine rings is 1. The van der Waals surface area contributed by atoms with Crippen LogP contribution in [0.25, 0.3) is 11.4 Å². The van der Waals surface area contributed by atoms with Crippen molar-refractivity contribution in [2.24, 2.45) is 0 Å². The molecule has 2 aromatic rings. The molecule has 7 nitrogen and oxygen atoms in total. The number of rotatable bonds is 5. The van der Waals surface area contributed by atoms with E-state index in [4.69, 9.17) is 4.74 Å². The van der Waals surface area contributed by atoms with Gasteiger partial charge in [-0.05, 0) is 51.2 Å². The number of carbonyl (C=O) groups excluding carboxylic acids is 1. The van der Waals surface area contributed by atoms with E-state index < -0.39 is 0 Å². The van der Waals surface area contributed by atoms with Crippen LogP contribution in [0.4, 0.5) is 0 Å². The number of ether oxygens (including phenoxy) is 1. The van der Waals surface area contributed by atoms with E-state index in [0.29, 0.717) is 30.1 Å². The Labute approximate surface area is 170 Å². The van der Waals surface area contributed by atoms with Gasteiger partial charge in [-0.25, -0.2) is 4.98 Å². The van der Waals surface area contributed by atoms with Crippen LogP contribution in [-0.4, -0.2) is 39.1 Å². The van der Waals surface area contributed by atoms with Gasteiger partial charge in [0.25, 0.3) is 5.56 Å². The van der Waals surface area contributed by atoms with Crippen LogP contribution in [0.1, 0.15) is 56.2 Å². The molecule has 2 N–H and O–H groups in total. The van der Waals surface area contributed by atoms with Gasteiger partial charge in [0.15, 0.2) is 0 Å². The summed E-state index contributed by atoms with van der Waals surface area (Å²) in [7, 11) is 0. The van der Waals surface area contributed by atoms with Gasteiger partial charge in [0.1, 0.15) is 5.82 Å². The molecule has 2 aromatic heterocycles. The van der Waals surface area contributed by atoms with Gasteiger partial charge < -0.3 is 15.0 Å². The second-order valence-electron chi connectivity index (χ2n) is 8.21. The van der Waals surface area contributed by atoms with Gasteiger partial charge in [0.2, 0.25) is 5.91 Å². The van der Waals surface area contributed by atoms with E-state index in [1.54, 1.807) is 24.5 Å². The zero-order chi connectivity index (χ0) is 20.3. The zero-order valence-corrected chi connectivity index (χ0v) is 16.9. The van der Waals surface area contributed by atoms with Crippen LogP contribution in [0, 0.1) is 6.92 Å². The second kappa shape index (κ2) is 8.45. The number of aromatic nitrogens is 3. The number of hydrogen-bond acceptors (Lipinski definition) is 5. The minimum absolute atomic E-state index is 0.0120. The molecular weight excluding hydrogens is 368 g/mol. The largest absolute Gasteiger partial charge is 0.375 e. The maximum Gasteiger partial charge on any atom is 0.254 e.